The molecule has 1 atom stereocenters. The summed E-state index contributed by atoms with van der Waals surface area (Å²) in [7, 11) is 0. The fraction of sp³-hybridized carbons (Fsp3) is 0.250. The maximum Gasteiger partial charge on any atom is 0.306 e. The van der Waals surface area contributed by atoms with Crippen LogP contribution in [0.25, 0.3) is 0 Å². The van der Waals surface area contributed by atoms with Crippen molar-refractivity contribution in [2.24, 2.45) is 0 Å². The quantitative estimate of drug-likeness (QED) is 0.629. The maximum atomic E-state index is 13.1. The summed E-state index contributed by atoms with van der Waals surface area (Å²) in [5, 5.41) is 27.3. The third-order valence-corrected chi connectivity index (χ3v) is 3.01. The van der Waals surface area contributed by atoms with Gasteiger partial charge in [-0.05, 0) is 18.2 Å². The first-order valence-electron chi connectivity index (χ1n) is 5.99. The number of aliphatic hydroxyl groups excluding tert-OH is 1. The van der Waals surface area contributed by atoms with E-state index in [4.69, 9.17) is 11.6 Å². The van der Waals surface area contributed by atoms with E-state index in [2.05, 4.69) is 10.4 Å². The molecule has 0 fully saturated rings. The average Bonchev–Trinajstić information content (AvgIpc) is 2.88. The van der Waals surface area contributed by atoms with E-state index in [1.165, 1.54) is 29.1 Å². The molecule has 0 amide bonds. The summed E-state index contributed by atoms with van der Waals surface area (Å²) in [4.78, 5) is 9.94. The fourth-order valence-corrected chi connectivity index (χ4v) is 1.87. The predicted octanol–water partition coefficient (Wildman–Crippen LogP) is 2.06. The topological polar surface area (TPSA) is 93.2 Å². The van der Waals surface area contributed by atoms with Crippen LogP contribution in [0.15, 0.2) is 30.6 Å². The molecule has 0 aliphatic rings. The Hall–Kier alpha value is -2.19. The smallest absolute Gasteiger partial charge is 0.306 e. The minimum atomic E-state index is -0.871. The minimum absolute atomic E-state index is 0.0633. The van der Waals surface area contributed by atoms with Crippen LogP contribution in [0.3, 0.4) is 0 Å². The van der Waals surface area contributed by atoms with Crippen LogP contribution in [0, 0.1) is 15.9 Å². The van der Waals surface area contributed by atoms with Crippen molar-refractivity contribution in [3.8, 4) is 0 Å². The Morgan fingerprint density at radius 3 is 3.00 bits per heavy atom. The van der Waals surface area contributed by atoms with E-state index >= 15 is 0 Å². The van der Waals surface area contributed by atoms with Crippen LogP contribution in [0.5, 0.6) is 0 Å². The number of benzene rings is 1. The average molecular weight is 315 g/mol. The van der Waals surface area contributed by atoms with Gasteiger partial charge in [-0.25, -0.2) is 4.39 Å². The van der Waals surface area contributed by atoms with Crippen LogP contribution in [-0.4, -0.2) is 32.5 Å². The van der Waals surface area contributed by atoms with Gasteiger partial charge < -0.3 is 10.4 Å². The second-order valence-electron chi connectivity index (χ2n) is 4.34. The largest absolute Gasteiger partial charge is 0.389 e. The minimum Gasteiger partial charge on any atom is -0.389 e. The molecule has 0 spiro atoms. The number of nitro groups is 1. The van der Waals surface area contributed by atoms with Crippen molar-refractivity contribution < 1.29 is 14.4 Å². The summed E-state index contributed by atoms with van der Waals surface area (Å²) < 4.78 is 14.3. The number of aliphatic hydroxyl groups is 1. The van der Waals surface area contributed by atoms with E-state index in [-0.39, 0.29) is 18.8 Å². The van der Waals surface area contributed by atoms with Crippen molar-refractivity contribution >= 4 is 23.0 Å². The number of aromatic nitrogens is 2. The lowest BCUT2D eigenvalue weighted by molar-refractivity contribution is -0.385. The molecule has 2 aromatic rings. The summed E-state index contributed by atoms with van der Waals surface area (Å²) in [6, 6.07) is 3.85. The van der Waals surface area contributed by atoms with Gasteiger partial charge in [-0.1, -0.05) is 11.6 Å². The molecule has 0 saturated carbocycles. The first-order chi connectivity index (χ1) is 9.95. The molecule has 9 heteroatoms. The van der Waals surface area contributed by atoms with E-state index in [0.717, 1.165) is 6.20 Å². The summed E-state index contributed by atoms with van der Waals surface area (Å²) in [5.41, 5.74) is 0.213. The number of hydrogen-bond donors (Lipinski definition) is 2. The third kappa shape index (κ3) is 4.14. The molecule has 1 aromatic heterocycles. The van der Waals surface area contributed by atoms with Gasteiger partial charge in [0.2, 0.25) is 0 Å². The highest BCUT2D eigenvalue weighted by Gasteiger charge is 2.12. The molecule has 0 bridgehead atoms. The van der Waals surface area contributed by atoms with Crippen molar-refractivity contribution in [2.45, 2.75) is 12.6 Å². The monoisotopic (exact) mass is 314 g/mol. The molecule has 1 unspecified atom stereocenters. The van der Waals surface area contributed by atoms with E-state index < -0.39 is 16.8 Å². The van der Waals surface area contributed by atoms with Crippen LogP contribution in [0.1, 0.15) is 0 Å². The lowest BCUT2D eigenvalue weighted by Crippen LogP contribution is -2.25. The number of rotatable bonds is 6. The van der Waals surface area contributed by atoms with Gasteiger partial charge in [0.1, 0.15) is 18.2 Å². The predicted molar refractivity (Wildman–Crippen MR) is 74.8 cm³/mol. The van der Waals surface area contributed by atoms with Gasteiger partial charge in [0.15, 0.2) is 0 Å². The summed E-state index contributed by atoms with van der Waals surface area (Å²) in [6.45, 7) is 0.157. The molecule has 1 aromatic carbocycles. The summed E-state index contributed by atoms with van der Waals surface area (Å²) >= 11 is 5.87. The molecular formula is C12H12ClFN4O3. The number of halogens is 2. The van der Waals surface area contributed by atoms with Crippen molar-refractivity contribution in [1.29, 1.82) is 0 Å². The summed E-state index contributed by atoms with van der Waals surface area (Å²) in [6.07, 6.45) is 1.45. The highest BCUT2D eigenvalue weighted by Crippen LogP contribution is 2.22. The zero-order chi connectivity index (χ0) is 15.4. The van der Waals surface area contributed by atoms with Gasteiger partial charge in [-0.2, -0.15) is 5.10 Å². The lowest BCUT2D eigenvalue weighted by atomic mass is 10.3. The number of nitrogens with zero attached hydrogens (tertiary/aromatic N) is 3. The van der Waals surface area contributed by atoms with E-state index in [9.17, 15) is 19.6 Å². The Balaban J connectivity index is 1.90. The van der Waals surface area contributed by atoms with E-state index in [1.54, 1.807) is 0 Å². The Morgan fingerprint density at radius 2 is 2.33 bits per heavy atom. The second-order valence-corrected chi connectivity index (χ2v) is 4.74. The van der Waals surface area contributed by atoms with Gasteiger partial charge in [-0.3, -0.25) is 14.8 Å². The Bertz CT molecular complexity index is 649. The van der Waals surface area contributed by atoms with Crippen LogP contribution in [-0.2, 0) is 6.54 Å². The first kappa shape index (κ1) is 15.2. The SMILES string of the molecule is O=[N+]([O-])c1cnn(CC(O)CNc2cc(F)ccc2Cl)c1. The molecule has 0 saturated heterocycles. The lowest BCUT2D eigenvalue weighted by Gasteiger charge is -2.13. The number of hydrogen-bond acceptors (Lipinski definition) is 5. The molecule has 0 aliphatic heterocycles. The van der Waals surface area contributed by atoms with Gasteiger partial charge in [0, 0.05) is 6.54 Å². The molecule has 2 rings (SSSR count). The van der Waals surface area contributed by atoms with Gasteiger partial charge in [-0.15, -0.1) is 0 Å². The zero-order valence-corrected chi connectivity index (χ0v) is 11.5. The molecule has 0 aliphatic carbocycles. The molecule has 112 valence electrons. The molecule has 2 N–H and O–H groups in total. The second kappa shape index (κ2) is 6.51. The van der Waals surface area contributed by atoms with E-state index in [0.29, 0.717) is 10.7 Å². The maximum absolute atomic E-state index is 13.1. The number of nitrogens with one attached hydrogen (secondary N) is 1. The van der Waals surface area contributed by atoms with Gasteiger partial charge in [0.05, 0.1) is 28.3 Å². The number of anilines is 1. The Labute approximate surface area is 124 Å². The first-order valence-corrected chi connectivity index (χ1v) is 6.37. The van der Waals surface area contributed by atoms with Gasteiger partial charge in [0.25, 0.3) is 0 Å². The molecule has 7 nitrogen and oxygen atoms in total. The van der Waals surface area contributed by atoms with Crippen molar-refractivity contribution in [3.05, 3.63) is 51.5 Å². The van der Waals surface area contributed by atoms with Crippen molar-refractivity contribution in [2.75, 3.05) is 11.9 Å². The van der Waals surface area contributed by atoms with Crippen LogP contribution in [0.4, 0.5) is 15.8 Å². The molecule has 21 heavy (non-hydrogen) atoms. The zero-order valence-electron chi connectivity index (χ0n) is 10.7. The Morgan fingerprint density at radius 1 is 1.57 bits per heavy atom. The summed E-state index contributed by atoms with van der Waals surface area (Å²) in [5.74, 6) is -0.445. The Kier molecular flexibility index (Phi) is 4.71. The highest BCUT2D eigenvalue weighted by molar-refractivity contribution is 6.33. The normalized spacial score (nSPS) is 12.1. The third-order valence-electron chi connectivity index (χ3n) is 2.68. The molecule has 0 radical (unpaired) electrons. The fourth-order valence-electron chi connectivity index (χ4n) is 1.69. The van der Waals surface area contributed by atoms with Crippen LogP contribution >= 0.6 is 11.6 Å². The molecule has 1 heterocycles. The van der Waals surface area contributed by atoms with Crippen molar-refractivity contribution in [3.63, 3.8) is 0 Å². The van der Waals surface area contributed by atoms with Crippen LogP contribution < -0.4 is 5.32 Å². The molecular weight excluding hydrogens is 303 g/mol. The van der Waals surface area contributed by atoms with Crippen LogP contribution in [0.2, 0.25) is 5.02 Å². The van der Waals surface area contributed by atoms with Crippen molar-refractivity contribution in [1.82, 2.24) is 9.78 Å². The standard InChI is InChI=1S/C12H12ClFN4O3/c13-11-2-1-8(14)3-12(11)15-5-10(19)7-17-6-9(4-16-17)18(20)21/h1-4,6,10,15,19H,5,7H2. The van der Waals surface area contributed by atoms with Gasteiger partial charge >= 0.3 is 5.69 Å². The van der Waals surface area contributed by atoms with E-state index in [1.807, 2.05) is 0 Å². The highest BCUT2D eigenvalue weighted by atomic mass is 35.5.